The highest BCUT2D eigenvalue weighted by molar-refractivity contribution is 6.00. The monoisotopic (exact) mass is 1640 g/mol. The van der Waals surface area contributed by atoms with E-state index in [1.807, 2.05) is 123 Å². The molecule has 0 radical (unpaired) electrons. The minimum absolute atomic E-state index is 0.0169. The Morgan fingerprint density at radius 2 is 1.21 bits per heavy atom. The molecule has 0 aliphatic carbocycles. The first-order chi connectivity index (χ1) is 54.8. The van der Waals surface area contributed by atoms with Crippen molar-refractivity contribution in [1.29, 1.82) is 0 Å². The summed E-state index contributed by atoms with van der Waals surface area (Å²) in [6, 6.07) is 8.08. The molecule has 2 aromatic rings. The maximum absolute atomic E-state index is 14.1. The summed E-state index contributed by atoms with van der Waals surface area (Å²) < 4.78 is 0. The quantitative estimate of drug-likeness (QED) is 0.0324. The van der Waals surface area contributed by atoms with E-state index in [9.17, 15) is 72.2 Å². The molecule has 0 spiro atoms. The van der Waals surface area contributed by atoms with Crippen molar-refractivity contribution in [3.8, 4) is 0 Å². The predicted molar refractivity (Wildman–Crippen MR) is 455 cm³/mol. The van der Waals surface area contributed by atoms with Gasteiger partial charge in [0.1, 0.15) is 54.4 Å². The summed E-state index contributed by atoms with van der Waals surface area (Å²) >= 11 is 0. The van der Waals surface area contributed by atoms with Crippen LogP contribution in [0.1, 0.15) is 214 Å². The fourth-order valence-electron chi connectivity index (χ4n) is 13.8. The van der Waals surface area contributed by atoms with Crippen LogP contribution in [0.2, 0.25) is 0 Å². The molecule has 1 aliphatic rings. The summed E-state index contributed by atoms with van der Waals surface area (Å²) in [6.45, 7) is 36.1. The van der Waals surface area contributed by atoms with Crippen LogP contribution >= 0.6 is 0 Å². The van der Waals surface area contributed by atoms with E-state index in [2.05, 4.69) is 75.5 Å². The molecule has 0 saturated carbocycles. The number of aliphatic carboxylic acids is 1. The molecular weight excluding hydrogens is 1490 g/mol. The van der Waals surface area contributed by atoms with Gasteiger partial charge in [-0.1, -0.05) is 195 Å². The van der Waals surface area contributed by atoms with Gasteiger partial charge in [0.05, 0.1) is 19.1 Å². The Balaban J connectivity index is 0.000000793. The standard InChI is InChI=1S/C44H73N7O8.C44H71N7O7/c1-13-27(5)37(49-40(54)31(9)45)29(7)19-18-20-30(8)39(53)47-34(23-26(3)4)41(55)46-32(10)42(56)51(12)35(24-33-21-16-15-17-22-33)43(57)50(11)25-36(52)48-38(44(58)59)28(6)14-2;1-13-27(5)37-29(7)19-18-20-30(8)39(53)47-34(23-26(3)4)41(55)46-32(10)43(57)51(12)35(24-33-21-16-15-17-22-33)44(58)50(11)25-36(52)48-38(28(6)14-2)42(56)45-31(9)40(54)49-37/h15-17,20-22,26-29,31-32,34-35,37-38H,13-14,18-19,23-25,45H2,1-12H3,(H,46,55)(H,47,53)(H,48,52)(H,49,54)(H,58,59);15-17,20-22,26-29,31-32,34-35,37-38H,13-14,18-19,23-25H2,1-12H3,(H,45,56)(H,46,55)(H,47,53)(H,48,52)(H,49,54)/b2*30-20+/t27?,28?,29-,31?,32+,34+,35+,37+,38-;27?,28?,29-,31+,32-,34+,35+,37+,38-/m00/s1. The molecule has 117 heavy (non-hydrogen) atoms. The van der Waals surface area contributed by atoms with Crippen molar-refractivity contribution in [2.24, 2.45) is 53.1 Å². The van der Waals surface area contributed by atoms with Gasteiger partial charge in [0, 0.05) is 64.3 Å². The number of hydrogen-bond donors (Lipinski definition) is 11. The fourth-order valence-corrected chi connectivity index (χ4v) is 13.8. The molecule has 29 nitrogen and oxygen atoms in total. The lowest BCUT2D eigenvalue weighted by atomic mass is 9.85. The number of likely N-dealkylation sites (N-methyl/N-ethyl adjacent to an activating group) is 4. The van der Waals surface area contributed by atoms with Crippen LogP contribution < -0.4 is 53.6 Å². The zero-order valence-corrected chi connectivity index (χ0v) is 74.4. The molecule has 0 saturated heterocycles. The number of amides is 13. The molecule has 0 bridgehead atoms. The van der Waals surface area contributed by atoms with Gasteiger partial charge in [0.25, 0.3) is 0 Å². The number of carboxylic acids is 1. The minimum Gasteiger partial charge on any atom is -0.480 e. The Morgan fingerprint density at radius 1 is 0.641 bits per heavy atom. The van der Waals surface area contributed by atoms with Crippen molar-refractivity contribution in [2.75, 3.05) is 41.3 Å². The molecule has 18 atom stereocenters. The second kappa shape index (κ2) is 51.6. The van der Waals surface area contributed by atoms with Crippen LogP contribution in [0, 0.1) is 47.3 Å². The highest BCUT2D eigenvalue weighted by Gasteiger charge is 2.39. The summed E-state index contributed by atoms with van der Waals surface area (Å²) in [5, 5.41) is 35.1. The molecule has 5 unspecified atom stereocenters. The number of benzene rings is 2. The van der Waals surface area contributed by atoms with Crippen LogP contribution in [0.3, 0.4) is 0 Å². The number of nitrogens with two attached hydrogens (primary N) is 1. The van der Waals surface area contributed by atoms with Crippen molar-refractivity contribution < 1.29 is 72.2 Å². The molecule has 1 heterocycles. The third-order valence-electron chi connectivity index (χ3n) is 22.4. The molecule has 29 heteroatoms. The number of nitrogens with one attached hydrogen (secondary N) is 9. The zero-order chi connectivity index (χ0) is 89.0. The number of allylic oxidation sites excluding steroid dienone is 2. The number of hydrogen-bond acceptors (Lipinski definition) is 15. The third-order valence-corrected chi connectivity index (χ3v) is 22.4. The Bertz CT molecular complexity index is 3650. The summed E-state index contributed by atoms with van der Waals surface area (Å²) in [5.74, 6) is -7.69. The number of carbonyl (C=O) groups is 14. The van der Waals surface area contributed by atoms with E-state index < -0.39 is 144 Å². The van der Waals surface area contributed by atoms with E-state index in [1.165, 1.54) is 56.7 Å². The Morgan fingerprint density at radius 3 is 1.75 bits per heavy atom. The third kappa shape index (κ3) is 34.9. The van der Waals surface area contributed by atoms with Gasteiger partial charge in [-0.2, -0.15) is 0 Å². The zero-order valence-electron chi connectivity index (χ0n) is 74.4. The topological polar surface area (TPSA) is 406 Å². The van der Waals surface area contributed by atoms with Crippen LogP contribution in [-0.2, 0) is 80.0 Å². The van der Waals surface area contributed by atoms with E-state index >= 15 is 0 Å². The number of carbonyl (C=O) groups excluding carboxylic acids is 13. The van der Waals surface area contributed by atoms with Gasteiger partial charge in [-0.3, -0.25) is 62.3 Å². The van der Waals surface area contributed by atoms with Crippen molar-refractivity contribution in [3.05, 3.63) is 95.1 Å². The summed E-state index contributed by atoms with van der Waals surface area (Å²) in [6.07, 6.45) is 9.75. The van der Waals surface area contributed by atoms with Gasteiger partial charge >= 0.3 is 5.97 Å². The van der Waals surface area contributed by atoms with Gasteiger partial charge < -0.3 is 78.3 Å². The molecule has 13 amide bonds. The molecular formula is C88H144N14O15. The predicted octanol–water partition coefficient (Wildman–Crippen LogP) is 6.90. The van der Waals surface area contributed by atoms with Gasteiger partial charge in [0.15, 0.2) is 0 Å². The van der Waals surface area contributed by atoms with Gasteiger partial charge in [-0.15, -0.1) is 0 Å². The van der Waals surface area contributed by atoms with Gasteiger partial charge in [-0.05, 0) is 139 Å². The first kappa shape index (κ1) is 104. The number of nitrogens with zero attached hydrogens (tertiary/aromatic N) is 4. The molecule has 2 aromatic carbocycles. The lowest BCUT2D eigenvalue weighted by molar-refractivity contribution is -0.147. The van der Waals surface area contributed by atoms with Crippen molar-refractivity contribution in [1.82, 2.24) is 67.5 Å². The lowest BCUT2D eigenvalue weighted by Gasteiger charge is -2.33. The highest BCUT2D eigenvalue weighted by Crippen LogP contribution is 2.25. The van der Waals surface area contributed by atoms with E-state index in [-0.39, 0.29) is 84.1 Å². The molecule has 656 valence electrons. The highest BCUT2D eigenvalue weighted by atomic mass is 16.4. The second-order valence-corrected chi connectivity index (χ2v) is 33.4. The van der Waals surface area contributed by atoms with Crippen LogP contribution in [0.4, 0.5) is 0 Å². The van der Waals surface area contributed by atoms with Crippen LogP contribution in [-0.4, -0.2) is 221 Å². The first-order valence-electron chi connectivity index (χ1n) is 41.9. The van der Waals surface area contributed by atoms with E-state index in [4.69, 9.17) is 5.73 Å². The number of rotatable bonds is 33. The van der Waals surface area contributed by atoms with Crippen LogP contribution in [0.5, 0.6) is 0 Å². The maximum Gasteiger partial charge on any atom is 0.326 e. The normalized spacial score (nSPS) is 22.1. The summed E-state index contributed by atoms with van der Waals surface area (Å²) in [4.78, 5) is 193. The lowest BCUT2D eigenvalue weighted by Crippen LogP contribution is -2.58. The number of carboxylic acid groups (broad SMARTS) is 1. The van der Waals surface area contributed by atoms with Crippen LogP contribution in [0.15, 0.2) is 84.0 Å². The molecule has 1 aliphatic heterocycles. The second-order valence-electron chi connectivity index (χ2n) is 33.4. The smallest absolute Gasteiger partial charge is 0.326 e. The van der Waals surface area contributed by atoms with Gasteiger partial charge in [-0.25, -0.2) is 4.79 Å². The SMILES string of the molecule is CCC(C)[C@@H]1NC(=O)CN(C)C(=O)[C@@H](Cc2ccccc2)N(C)C(=O)[C@H](C)NC(=O)[C@@H](CC(C)C)NC(=O)/C(C)=C/CC[C@H](C)[C@@H](C(C)CC)NC(=O)[C@@H](C)NC1=O.CCC(C)[C@H](NC(=O)CN(C)C(=O)[C@@H](Cc1ccccc1)N(C)C(=O)[C@@H](C)NC(=O)[C@@H](CC(C)C)NC(=O)/C(C)=C/CC[C@H](C)[C@H](NC(=O)C(C)N)C(C)CC)C(=O)O. The maximum atomic E-state index is 14.1. The van der Waals surface area contributed by atoms with Crippen molar-refractivity contribution in [3.63, 3.8) is 0 Å². The molecule has 0 aromatic heterocycles. The Kier molecular flexibility index (Phi) is 45.7. The average molecular weight is 1640 g/mol. The minimum atomic E-state index is -1.18. The molecule has 0 fully saturated rings. The molecule has 3 rings (SSSR count). The first-order valence-corrected chi connectivity index (χ1v) is 41.9. The molecule has 12 N–H and O–H groups in total. The van der Waals surface area contributed by atoms with E-state index in [0.29, 0.717) is 62.5 Å². The van der Waals surface area contributed by atoms with E-state index in [0.717, 1.165) is 28.9 Å². The fraction of sp³-hybridized carbons (Fsp3) is 0.659. The Labute approximate surface area is 696 Å². The van der Waals surface area contributed by atoms with Crippen molar-refractivity contribution >= 4 is 82.8 Å². The average Bonchev–Trinajstić information content (AvgIpc) is 0.827. The summed E-state index contributed by atoms with van der Waals surface area (Å²) in [7, 11) is 5.79. The van der Waals surface area contributed by atoms with Gasteiger partial charge in [0.2, 0.25) is 76.8 Å². The van der Waals surface area contributed by atoms with E-state index in [1.54, 1.807) is 46.8 Å². The van der Waals surface area contributed by atoms with Crippen molar-refractivity contribution in [2.45, 2.75) is 288 Å². The summed E-state index contributed by atoms with van der Waals surface area (Å²) in [5.41, 5.74) is 8.19. The van der Waals surface area contributed by atoms with Crippen LogP contribution in [0.25, 0.3) is 0 Å². The largest absolute Gasteiger partial charge is 0.480 e. The Hall–Kier alpha value is -9.54.